The molecule has 1 unspecified atom stereocenters. The molecular formula is C23H26FN3O2. The second kappa shape index (κ2) is 8.23. The molecule has 0 spiro atoms. The van der Waals surface area contributed by atoms with E-state index in [1.54, 1.807) is 17.0 Å². The molecule has 0 aromatic heterocycles. The van der Waals surface area contributed by atoms with Gasteiger partial charge in [0.25, 0.3) is 0 Å². The van der Waals surface area contributed by atoms with Gasteiger partial charge >= 0.3 is 0 Å². The van der Waals surface area contributed by atoms with Crippen LogP contribution in [0.5, 0.6) is 0 Å². The number of piperidine rings is 1. The molecule has 5 nitrogen and oxygen atoms in total. The molecule has 0 radical (unpaired) electrons. The molecule has 1 N–H and O–H groups in total. The van der Waals surface area contributed by atoms with Crippen LogP contribution in [0.3, 0.4) is 0 Å². The van der Waals surface area contributed by atoms with Gasteiger partial charge < -0.3 is 15.1 Å². The molecule has 152 valence electrons. The molecule has 4 rings (SSSR count). The Morgan fingerprint density at radius 2 is 1.76 bits per heavy atom. The lowest BCUT2D eigenvalue weighted by molar-refractivity contribution is -0.122. The number of rotatable bonds is 4. The Balaban J connectivity index is 1.39. The van der Waals surface area contributed by atoms with Crippen molar-refractivity contribution in [2.45, 2.75) is 26.2 Å². The Bertz CT molecular complexity index is 891. The predicted molar refractivity (Wildman–Crippen MR) is 113 cm³/mol. The van der Waals surface area contributed by atoms with E-state index in [0.29, 0.717) is 12.2 Å². The largest absolute Gasteiger partial charge is 0.372 e. The second-order valence-electron chi connectivity index (χ2n) is 8.09. The maximum Gasteiger partial charge on any atom is 0.229 e. The Hall–Kier alpha value is -2.89. The maximum atomic E-state index is 13.3. The molecule has 29 heavy (non-hydrogen) atoms. The first-order valence-corrected chi connectivity index (χ1v) is 10.2. The van der Waals surface area contributed by atoms with Crippen LogP contribution in [0.4, 0.5) is 21.5 Å². The minimum absolute atomic E-state index is 0.0658. The minimum Gasteiger partial charge on any atom is -0.372 e. The van der Waals surface area contributed by atoms with Gasteiger partial charge in [-0.1, -0.05) is 13.0 Å². The Morgan fingerprint density at radius 1 is 1.07 bits per heavy atom. The van der Waals surface area contributed by atoms with Crippen molar-refractivity contribution in [3.8, 4) is 0 Å². The van der Waals surface area contributed by atoms with Gasteiger partial charge in [-0.05, 0) is 61.2 Å². The SMILES string of the molecule is CC1CCN(c2ccc(N3CC(C(=O)Nc4cccc(F)c4)CC3=O)cc2)CC1. The number of halogens is 1. The quantitative estimate of drug-likeness (QED) is 0.850. The number of nitrogens with one attached hydrogen (secondary N) is 1. The highest BCUT2D eigenvalue weighted by Gasteiger charge is 2.35. The first kappa shape index (κ1) is 19.4. The van der Waals surface area contributed by atoms with E-state index >= 15 is 0 Å². The number of carbonyl (C=O) groups is 2. The second-order valence-corrected chi connectivity index (χ2v) is 8.09. The molecule has 0 bridgehead atoms. The summed E-state index contributed by atoms with van der Waals surface area (Å²) in [6, 6.07) is 13.8. The number of carbonyl (C=O) groups excluding carboxylic acids is 2. The first-order valence-electron chi connectivity index (χ1n) is 10.2. The first-order chi connectivity index (χ1) is 14.0. The number of anilines is 3. The Morgan fingerprint density at radius 3 is 2.45 bits per heavy atom. The van der Waals surface area contributed by atoms with Gasteiger partial charge in [0.1, 0.15) is 5.82 Å². The number of amides is 2. The van der Waals surface area contributed by atoms with Crippen molar-refractivity contribution < 1.29 is 14.0 Å². The fourth-order valence-electron chi connectivity index (χ4n) is 4.05. The van der Waals surface area contributed by atoms with E-state index in [1.165, 1.54) is 30.7 Å². The van der Waals surface area contributed by atoms with Crippen LogP contribution in [0.25, 0.3) is 0 Å². The summed E-state index contributed by atoms with van der Waals surface area (Å²) in [6.45, 7) is 4.75. The van der Waals surface area contributed by atoms with Crippen molar-refractivity contribution in [1.29, 1.82) is 0 Å². The van der Waals surface area contributed by atoms with Crippen LogP contribution in [0.15, 0.2) is 48.5 Å². The lowest BCUT2D eigenvalue weighted by atomic mass is 9.99. The van der Waals surface area contributed by atoms with Gasteiger partial charge in [0, 0.05) is 43.1 Å². The van der Waals surface area contributed by atoms with Gasteiger partial charge in [-0.25, -0.2) is 4.39 Å². The van der Waals surface area contributed by atoms with Crippen molar-refractivity contribution in [1.82, 2.24) is 0 Å². The Kier molecular flexibility index (Phi) is 5.51. The zero-order valence-electron chi connectivity index (χ0n) is 16.6. The van der Waals surface area contributed by atoms with Crippen LogP contribution in [0, 0.1) is 17.7 Å². The molecule has 2 aliphatic rings. The van der Waals surface area contributed by atoms with E-state index in [4.69, 9.17) is 0 Å². The zero-order valence-corrected chi connectivity index (χ0v) is 16.6. The molecule has 1 atom stereocenters. The summed E-state index contributed by atoms with van der Waals surface area (Å²) in [6.07, 6.45) is 2.57. The highest BCUT2D eigenvalue weighted by molar-refractivity contribution is 6.03. The molecule has 6 heteroatoms. The van der Waals surface area contributed by atoms with Crippen molar-refractivity contribution in [3.05, 3.63) is 54.3 Å². The van der Waals surface area contributed by atoms with Crippen LogP contribution < -0.4 is 15.1 Å². The highest BCUT2D eigenvalue weighted by Crippen LogP contribution is 2.29. The third kappa shape index (κ3) is 4.42. The fraction of sp³-hybridized carbons (Fsp3) is 0.391. The van der Waals surface area contributed by atoms with Crippen molar-refractivity contribution >= 4 is 28.9 Å². The van der Waals surface area contributed by atoms with Gasteiger partial charge in [-0.15, -0.1) is 0 Å². The van der Waals surface area contributed by atoms with Crippen LogP contribution in [-0.2, 0) is 9.59 Å². The van der Waals surface area contributed by atoms with E-state index in [0.717, 1.165) is 24.7 Å². The van der Waals surface area contributed by atoms with E-state index in [9.17, 15) is 14.0 Å². The van der Waals surface area contributed by atoms with Crippen molar-refractivity contribution in [2.24, 2.45) is 11.8 Å². The van der Waals surface area contributed by atoms with Gasteiger partial charge in [0.2, 0.25) is 11.8 Å². The van der Waals surface area contributed by atoms with Gasteiger partial charge in [0.15, 0.2) is 0 Å². The van der Waals surface area contributed by atoms with E-state index in [1.807, 2.05) is 12.1 Å². The fourth-order valence-corrected chi connectivity index (χ4v) is 4.05. The molecule has 2 saturated heterocycles. The van der Waals surface area contributed by atoms with Gasteiger partial charge in [-0.3, -0.25) is 9.59 Å². The standard InChI is InChI=1S/C23H26FN3O2/c1-16-9-11-26(12-10-16)20-5-7-21(8-6-20)27-15-17(13-22(27)28)23(29)25-19-4-2-3-18(24)14-19/h2-8,14,16-17H,9-13,15H2,1H3,(H,25,29). The van der Waals surface area contributed by atoms with Crippen molar-refractivity contribution in [2.75, 3.05) is 34.8 Å². The molecule has 2 fully saturated rings. The zero-order chi connectivity index (χ0) is 20.4. The summed E-state index contributed by atoms with van der Waals surface area (Å²) in [5.41, 5.74) is 2.39. The molecule has 2 aromatic rings. The molecule has 2 aromatic carbocycles. The molecule has 2 amide bonds. The molecule has 2 aliphatic heterocycles. The number of hydrogen-bond acceptors (Lipinski definition) is 3. The molecule has 2 heterocycles. The van der Waals surface area contributed by atoms with Crippen LogP contribution in [0.2, 0.25) is 0 Å². The topological polar surface area (TPSA) is 52.6 Å². The summed E-state index contributed by atoms with van der Waals surface area (Å²) in [7, 11) is 0. The smallest absolute Gasteiger partial charge is 0.229 e. The van der Waals surface area contributed by atoms with Crippen LogP contribution in [-0.4, -0.2) is 31.4 Å². The highest BCUT2D eigenvalue weighted by atomic mass is 19.1. The van der Waals surface area contributed by atoms with E-state index in [-0.39, 0.29) is 18.2 Å². The number of hydrogen-bond donors (Lipinski definition) is 1. The van der Waals surface area contributed by atoms with E-state index in [2.05, 4.69) is 29.3 Å². The molecular weight excluding hydrogens is 369 g/mol. The normalized spacial score (nSPS) is 20.2. The third-order valence-corrected chi connectivity index (χ3v) is 5.90. The van der Waals surface area contributed by atoms with Crippen LogP contribution in [0.1, 0.15) is 26.2 Å². The summed E-state index contributed by atoms with van der Waals surface area (Å²) in [5, 5.41) is 2.71. The summed E-state index contributed by atoms with van der Waals surface area (Å²) < 4.78 is 13.3. The average Bonchev–Trinajstić information content (AvgIpc) is 3.11. The summed E-state index contributed by atoms with van der Waals surface area (Å²) in [4.78, 5) is 29.1. The summed E-state index contributed by atoms with van der Waals surface area (Å²) >= 11 is 0. The maximum absolute atomic E-state index is 13.3. The average molecular weight is 395 g/mol. The lowest BCUT2D eigenvalue weighted by Gasteiger charge is -2.32. The van der Waals surface area contributed by atoms with E-state index < -0.39 is 11.7 Å². The van der Waals surface area contributed by atoms with Gasteiger partial charge in [0.05, 0.1) is 5.92 Å². The lowest BCUT2D eigenvalue weighted by Crippen LogP contribution is -2.32. The molecule has 0 saturated carbocycles. The Labute approximate surface area is 170 Å². The number of nitrogens with zero attached hydrogens (tertiary/aromatic N) is 2. The van der Waals surface area contributed by atoms with Crippen LogP contribution >= 0.6 is 0 Å². The minimum atomic E-state index is -0.450. The number of benzene rings is 2. The monoisotopic (exact) mass is 395 g/mol. The third-order valence-electron chi connectivity index (χ3n) is 5.90. The molecule has 0 aliphatic carbocycles. The van der Waals surface area contributed by atoms with Crippen molar-refractivity contribution in [3.63, 3.8) is 0 Å². The predicted octanol–water partition coefficient (Wildman–Crippen LogP) is 4.05. The summed E-state index contributed by atoms with van der Waals surface area (Å²) in [5.74, 6) is -0.401. The van der Waals surface area contributed by atoms with Gasteiger partial charge in [-0.2, -0.15) is 0 Å².